The Kier molecular flexibility index (Phi) is 4.20. The number of nitrogens with zero attached hydrogens (tertiary/aromatic N) is 1. The highest BCUT2D eigenvalue weighted by Crippen LogP contribution is 2.20. The number of nitrogens with two attached hydrogens (primary N) is 1. The molecule has 3 N–H and O–H groups in total. The number of piperidine rings is 1. The highest BCUT2D eigenvalue weighted by Gasteiger charge is 2.29. The second-order valence-electron chi connectivity index (χ2n) is 4.99. The Balaban J connectivity index is 2.10. The number of benzene rings is 1. The van der Waals surface area contributed by atoms with E-state index in [9.17, 15) is 4.79 Å². The van der Waals surface area contributed by atoms with Crippen LogP contribution < -0.4 is 11.1 Å². The Bertz CT molecular complexity index is 393. The molecule has 0 aromatic heterocycles. The van der Waals surface area contributed by atoms with Crippen LogP contribution in [0.5, 0.6) is 0 Å². The quantitative estimate of drug-likeness (QED) is 0.851. The Morgan fingerprint density at radius 1 is 1.44 bits per heavy atom. The summed E-state index contributed by atoms with van der Waals surface area (Å²) in [5.41, 5.74) is 6.67. The minimum absolute atomic E-state index is 0.240. The van der Waals surface area contributed by atoms with Gasteiger partial charge in [0.15, 0.2) is 0 Å². The molecule has 4 nitrogen and oxygen atoms in total. The highest BCUT2D eigenvalue weighted by molar-refractivity contribution is 5.72. The van der Waals surface area contributed by atoms with E-state index in [2.05, 4.69) is 12.2 Å². The standard InChI is InChI=1S/C14H21N3O/c1-11-9-16-8-7-13(11)17(14(15)18)10-12-5-3-2-4-6-12/h2-6,11,13,16H,7-10H2,1H3,(H2,15,18). The summed E-state index contributed by atoms with van der Waals surface area (Å²) >= 11 is 0. The van der Waals surface area contributed by atoms with Crippen LogP contribution in [0.15, 0.2) is 30.3 Å². The summed E-state index contributed by atoms with van der Waals surface area (Å²) in [6.45, 7) is 4.67. The number of primary amides is 1. The Morgan fingerprint density at radius 2 is 2.17 bits per heavy atom. The molecule has 1 aliphatic rings. The van der Waals surface area contributed by atoms with Gasteiger partial charge in [0.05, 0.1) is 0 Å². The lowest BCUT2D eigenvalue weighted by Gasteiger charge is -2.38. The van der Waals surface area contributed by atoms with Crippen molar-refractivity contribution in [3.05, 3.63) is 35.9 Å². The molecule has 2 amide bonds. The maximum atomic E-state index is 11.7. The highest BCUT2D eigenvalue weighted by atomic mass is 16.2. The number of nitrogens with one attached hydrogen (secondary N) is 1. The summed E-state index contributed by atoms with van der Waals surface area (Å²) in [4.78, 5) is 13.5. The van der Waals surface area contributed by atoms with E-state index in [0.717, 1.165) is 25.1 Å². The van der Waals surface area contributed by atoms with Gasteiger partial charge in [-0.05, 0) is 31.0 Å². The SMILES string of the molecule is CC1CNCCC1N(Cc1ccccc1)C(N)=O. The van der Waals surface area contributed by atoms with Gasteiger partial charge in [-0.2, -0.15) is 0 Å². The van der Waals surface area contributed by atoms with Crippen LogP contribution in [0.3, 0.4) is 0 Å². The number of carbonyl (C=O) groups excluding carboxylic acids is 1. The molecular weight excluding hydrogens is 226 g/mol. The van der Waals surface area contributed by atoms with Crippen molar-refractivity contribution in [1.82, 2.24) is 10.2 Å². The van der Waals surface area contributed by atoms with Crippen molar-refractivity contribution in [1.29, 1.82) is 0 Å². The molecule has 98 valence electrons. The van der Waals surface area contributed by atoms with Crippen molar-refractivity contribution in [3.63, 3.8) is 0 Å². The van der Waals surface area contributed by atoms with Crippen molar-refractivity contribution in [2.45, 2.75) is 25.9 Å². The summed E-state index contributed by atoms with van der Waals surface area (Å²) in [7, 11) is 0. The first-order valence-corrected chi connectivity index (χ1v) is 6.49. The smallest absolute Gasteiger partial charge is 0.315 e. The van der Waals surface area contributed by atoms with Crippen molar-refractivity contribution < 1.29 is 4.79 Å². The molecule has 1 aliphatic heterocycles. The minimum Gasteiger partial charge on any atom is -0.351 e. The fraction of sp³-hybridized carbons (Fsp3) is 0.500. The number of amides is 2. The number of hydrogen-bond donors (Lipinski definition) is 2. The van der Waals surface area contributed by atoms with Crippen molar-refractivity contribution in [3.8, 4) is 0 Å². The minimum atomic E-state index is -0.322. The monoisotopic (exact) mass is 247 g/mol. The van der Waals surface area contributed by atoms with Gasteiger partial charge in [-0.15, -0.1) is 0 Å². The van der Waals surface area contributed by atoms with E-state index < -0.39 is 0 Å². The fourth-order valence-corrected chi connectivity index (χ4v) is 2.60. The second-order valence-corrected chi connectivity index (χ2v) is 4.99. The zero-order valence-electron chi connectivity index (χ0n) is 10.8. The normalized spacial score (nSPS) is 23.6. The third-order valence-electron chi connectivity index (χ3n) is 3.62. The van der Waals surface area contributed by atoms with E-state index in [1.54, 1.807) is 4.90 Å². The van der Waals surface area contributed by atoms with E-state index in [1.165, 1.54) is 0 Å². The molecule has 1 aromatic rings. The summed E-state index contributed by atoms with van der Waals surface area (Å²) in [5, 5.41) is 3.34. The number of rotatable bonds is 3. The van der Waals surface area contributed by atoms with Gasteiger partial charge >= 0.3 is 6.03 Å². The lowest BCUT2D eigenvalue weighted by Crippen LogP contribution is -2.52. The predicted molar refractivity (Wildman–Crippen MR) is 72.0 cm³/mol. The predicted octanol–water partition coefficient (Wildman–Crippen LogP) is 1.57. The van der Waals surface area contributed by atoms with E-state index in [0.29, 0.717) is 12.5 Å². The van der Waals surface area contributed by atoms with E-state index in [-0.39, 0.29) is 12.1 Å². The average Bonchev–Trinajstić information content (AvgIpc) is 2.38. The van der Waals surface area contributed by atoms with E-state index in [4.69, 9.17) is 5.73 Å². The molecular formula is C14H21N3O. The van der Waals surface area contributed by atoms with Crippen molar-refractivity contribution in [2.24, 2.45) is 11.7 Å². The Morgan fingerprint density at radius 3 is 2.78 bits per heavy atom. The molecule has 0 spiro atoms. The number of carbonyl (C=O) groups is 1. The molecule has 1 fully saturated rings. The molecule has 2 atom stereocenters. The summed E-state index contributed by atoms with van der Waals surface area (Å²) < 4.78 is 0. The van der Waals surface area contributed by atoms with Gasteiger partial charge in [0.1, 0.15) is 0 Å². The van der Waals surface area contributed by atoms with Gasteiger partial charge in [0.2, 0.25) is 0 Å². The molecule has 1 aromatic carbocycles. The number of hydrogen-bond acceptors (Lipinski definition) is 2. The van der Waals surface area contributed by atoms with Gasteiger partial charge in [-0.3, -0.25) is 0 Å². The van der Waals surface area contributed by atoms with E-state index in [1.807, 2.05) is 30.3 Å². The van der Waals surface area contributed by atoms with Crippen LogP contribution in [0, 0.1) is 5.92 Å². The lowest BCUT2D eigenvalue weighted by molar-refractivity contribution is 0.134. The third kappa shape index (κ3) is 3.01. The molecule has 4 heteroatoms. The van der Waals surface area contributed by atoms with Crippen LogP contribution in [-0.4, -0.2) is 30.1 Å². The maximum absolute atomic E-state index is 11.7. The Labute approximate surface area is 108 Å². The molecule has 1 heterocycles. The van der Waals surface area contributed by atoms with Crippen LogP contribution in [0.4, 0.5) is 4.79 Å². The summed E-state index contributed by atoms with van der Waals surface area (Å²) in [5.74, 6) is 0.440. The van der Waals surface area contributed by atoms with Crippen molar-refractivity contribution in [2.75, 3.05) is 13.1 Å². The van der Waals surface area contributed by atoms with Gasteiger partial charge in [0.25, 0.3) is 0 Å². The van der Waals surface area contributed by atoms with Gasteiger partial charge < -0.3 is 16.0 Å². The zero-order chi connectivity index (χ0) is 13.0. The second kappa shape index (κ2) is 5.87. The topological polar surface area (TPSA) is 58.4 Å². The lowest BCUT2D eigenvalue weighted by atomic mass is 9.93. The molecule has 0 aliphatic carbocycles. The van der Waals surface area contributed by atoms with Crippen LogP contribution in [0.2, 0.25) is 0 Å². The molecule has 0 saturated carbocycles. The molecule has 0 bridgehead atoms. The molecule has 18 heavy (non-hydrogen) atoms. The van der Waals surface area contributed by atoms with Crippen LogP contribution in [0.25, 0.3) is 0 Å². The maximum Gasteiger partial charge on any atom is 0.315 e. The average molecular weight is 247 g/mol. The van der Waals surface area contributed by atoms with Crippen LogP contribution in [-0.2, 0) is 6.54 Å². The van der Waals surface area contributed by atoms with Crippen LogP contribution >= 0.6 is 0 Å². The van der Waals surface area contributed by atoms with Gasteiger partial charge in [-0.25, -0.2) is 4.79 Å². The van der Waals surface area contributed by atoms with Gasteiger partial charge in [0, 0.05) is 12.6 Å². The first kappa shape index (κ1) is 12.9. The fourth-order valence-electron chi connectivity index (χ4n) is 2.60. The molecule has 0 radical (unpaired) electrons. The molecule has 2 rings (SSSR count). The first-order valence-electron chi connectivity index (χ1n) is 6.49. The largest absolute Gasteiger partial charge is 0.351 e. The molecule has 1 saturated heterocycles. The van der Waals surface area contributed by atoms with Crippen molar-refractivity contribution >= 4 is 6.03 Å². The third-order valence-corrected chi connectivity index (χ3v) is 3.62. The molecule has 2 unspecified atom stereocenters. The zero-order valence-corrected chi connectivity index (χ0v) is 10.8. The summed E-state index contributed by atoms with van der Waals surface area (Å²) in [6, 6.07) is 9.93. The number of urea groups is 1. The van der Waals surface area contributed by atoms with Crippen LogP contribution in [0.1, 0.15) is 18.9 Å². The summed E-state index contributed by atoms with van der Waals surface area (Å²) in [6.07, 6.45) is 0.969. The van der Waals surface area contributed by atoms with Gasteiger partial charge in [-0.1, -0.05) is 37.3 Å². The van der Waals surface area contributed by atoms with E-state index >= 15 is 0 Å². The Hall–Kier alpha value is -1.55. The first-order chi connectivity index (χ1) is 8.68.